The molecule has 2 heterocycles. The third-order valence-corrected chi connectivity index (χ3v) is 4.67. The van der Waals surface area contributed by atoms with Crippen molar-refractivity contribution in [2.45, 2.75) is 24.8 Å². The van der Waals surface area contributed by atoms with E-state index in [0.29, 0.717) is 17.9 Å². The smallest absolute Gasteiger partial charge is 0.0360 e. The van der Waals surface area contributed by atoms with Crippen LogP contribution in [0.4, 0.5) is 0 Å². The van der Waals surface area contributed by atoms with E-state index in [1.54, 1.807) is 0 Å². The van der Waals surface area contributed by atoms with Crippen LogP contribution < -0.4 is 5.32 Å². The lowest BCUT2D eigenvalue weighted by molar-refractivity contribution is 0.287. The first kappa shape index (κ1) is 11.2. The zero-order chi connectivity index (χ0) is 12.7. The van der Waals surface area contributed by atoms with Crippen LogP contribution in [0.25, 0.3) is 0 Å². The van der Waals surface area contributed by atoms with Gasteiger partial charge in [-0.25, -0.2) is 0 Å². The zero-order valence-corrected chi connectivity index (χ0v) is 10.9. The minimum atomic E-state index is 0.539. The second kappa shape index (κ2) is 4.46. The van der Waals surface area contributed by atoms with Crippen molar-refractivity contribution >= 4 is 0 Å². The SMILES string of the molecule is c1ccc2c(c1)[C@H](c1ccncc1)[C@@H]1CCCN[C@H]21. The highest BCUT2D eigenvalue weighted by Gasteiger charge is 2.41. The Morgan fingerprint density at radius 3 is 2.63 bits per heavy atom. The molecule has 2 aliphatic rings. The third-order valence-electron chi connectivity index (χ3n) is 4.67. The van der Waals surface area contributed by atoms with Gasteiger partial charge in [0.1, 0.15) is 0 Å². The molecule has 96 valence electrons. The highest BCUT2D eigenvalue weighted by Crippen LogP contribution is 2.51. The summed E-state index contributed by atoms with van der Waals surface area (Å²) in [6.45, 7) is 1.15. The first-order valence-corrected chi connectivity index (χ1v) is 7.17. The van der Waals surface area contributed by atoms with Gasteiger partial charge in [-0.1, -0.05) is 24.3 Å². The number of aromatic nitrogens is 1. The largest absolute Gasteiger partial charge is 0.310 e. The van der Waals surface area contributed by atoms with Gasteiger partial charge in [0.25, 0.3) is 0 Å². The van der Waals surface area contributed by atoms with Gasteiger partial charge in [-0.2, -0.15) is 0 Å². The van der Waals surface area contributed by atoms with E-state index in [0.717, 1.165) is 6.54 Å². The van der Waals surface area contributed by atoms with Gasteiger partial charge in [-0.15, -0.1) is 0 Å². The van der Waals surface area contributed by atoms with Crippen LogP contribution in [0.2, 0.25) is 0 Å². The average Bonchev–Trinajstić information content (AvgIpc) is 2.83. The van der Waals surface area contributed by atoms with Crippen molar-refractivity contribution in [3.63, 3.8) is 0 Å². The van der Waals surface area contributed by atoms with Crippen LogP contribution in [0.15, 0.2) is 48.8 Å². The van der Waals surface area contributed by atoms with Crippen molar-refractivity contribution in [1.29, 1.82) is 0 Å². The molecule has 2 nitrogen and oxygen atoms in total. The van der Waals surface area contributed by atoms with Gasteiger partial charge in [-0.3, -0.25) is 4.98 Å². The summed E-state index contributed by atoms with van der Waals surface area (Å²) in [5.74, 6) is 1.24. The molecule has 4 rings (SSSR count). The van der Waals surface area contributed by atoms with E-state index < -0.39 is 0 Å². The molecular formula is C17H18N2. The summed E-state index contributed by atoms with van der Waals surface area (Å²) in [5, 5.41) is 3.72. The Labute approximate surface area is 113 Å². The normalized spacial score (nSPS) is 28.7. The highest BCUT2D eigenvalue weighted by molar-refractivity contribution is 5.45. The monoisotopic (exact) mass is 250 g/mol. The number of piperidine rings is 1. The first-order chi connectivity index (χ1) is 9.45. The van der Waals surface area contributed by atoms with Crippen molar-refractivity contribution in [3.05, 3.63) is 65.5 Å². The number of pyridine rings is 1. The van der Waals surface area contributed by atoms with Gasteiger partial charge in [-0.05, 0) is 54.1 Å². The van der Waals surface area contributed by atoms with Crippen molar-refractivity contribution in [3.8, 4) is 0 Å². The minimum absolute atomic E-state index is 0.539. The van der Waals surface area contributed by atoms with Crippen molar-refractivity contribution in [2.24, 2.45) is 5.92 Å². The van der Waals surface area contributed by atoms with E-state index in [1.165, 1.54) is 29.5 Å². The molecule has 0 saturated carbocycles. The molecule has 19 heavy (non-hydrogen) atoms. The number of nitrogens with zero attached hydrogens (tertiary/aromatic N) is 1. The van der Waals surface area contributed by atoms with Crippen molar-refractivity contribution in [1.82, 2.24) is 10.3 Å². The van der Waals surface area contributed by atoms with E-state index in [2.05, 4.69) is 46.7 Å². The summed E-state index contributed by atoms with van der Waals surface area (Å²) in [5.41, 5.74) is 4.44. The predicted octanol–water partition coefficient (Wildman–Crippen LogP) is 3.27. The lowest BCUT2D eigenvalue weighted by atomic mass is 9.81. The fourth-order valence-electron chi connectivity index (χ4n) is 3.92. The standard InChI is InChI=1S/C17H18N2/c1-2-5-14-13(4-1)16(12-7-10-18-11-8-12)15-6-3-9-19-17(14)15/h1-2,4-5,7-8,10-11,15-17,19H,3,6,9H2/t15-,16-,17+/m0/s1. The molecule has 0 radical (unpaired) electrons. The van der Waals surface area contributed by atoms with E-state index in [1.807, 2.05) is 12.4 Å². The van der Waals surface area contributed by atoms with Crippen molar-refractivity contribution in [2.75, 3.05) is 6.54 Å². The second-order valence-electron chi connectivity index (χ2n) is 5.63. The van der Waals surface area contributed by atoms with Crippen LogP contribution in [-0.2, 0) is 0 Å². The predicted molar refractivity (Wildman–Crippen MR) is 76.0 cm³/mol. The van der Waals surface area contributed by atoms with Crippen LogP contribution >= 0.6 is 0 Å². The van der Waals surface area contributed by atoms with Crippen LogP contribution in [0.1, 0.15) is 41.5 Å². The second-order valence-corrected chi connectivity index (χ2v) is 5.63. The van der Waals surface area contributed by atoms with Crippen LogP contribution in [0.5, 0.6) is 0 Å². The van der Waals surface area contributed by atoms with Gasteiger partial charge in [0.2, 0.25) is 0 Å². The molecule has 1 aliphatic heterocycles. The Balaban J connectivity index is 1.85. The molecule has 0 unspecified atom stereocenters. The van der Waals surface area contributed by atoms with E-state index >= 15 is 0 Å². The minimum Gasteiger partial charge on any atom is -0.310 e. The van der Waals surface area contributed by atoms with Gasteiger partial charge in [0, 0.05) is 24.4 Å². The molecule has 0 amide bonds. The molecule has 2 heteroatoms. The number of nitrogens with one attached hydrogen (secondary N) is 1. The summed E-state index contributed by atoms with van der Waals surface area (Å²) in [6, 6.07) is 13.8. The summed E-state index contributed by atoms with van der Waals surface area (Å²) < 4.78 is 0. The highest BCUT2D eigenvalue weighted by atomic mass is 14.9. The quantitative estimate of drug-likeness (QED) is 0.840. The zero-order valence-electron chi connectivity index (χ0n) is 10.9. The first-order valence-electron chi connectivity index (χ1n) is 7.17. The average molecular weight is 250 g/mol. The molecule has 0 bridgehead atoms. The molecule has 3 atom stereocenters. The number of hydrogen-bond donors (Lipinski definition) is 1. The van der Waals surface area contributed by atoms with E-state index in [9.17, 15) is 0 Å². The van der Waals surface area contributed by atoms with Crippen LogP contribution in [0, 0.1) is 5.92 Å². The van der Waals surface area contributed by atoms with Gasteiger partial charge in [0.05, 0.1) is 0 Å². The molecule has 1 aliphatic carbocycles. The Hall–Kier alpha value is -1.67. The summed E-state index contributed by atoms with van der Waals surface area (Å²) >= 11 is 0. The summed E-state index contributed by atoms with van der Waals surface area (Å²) in [6.07, 6.45) is 6.44. The van der Waals surface area contributed by atoms with E-state index in [-0.39, 0.29) is 0 Å². The Morgan fingerprint density at radius 2 is 1.79 bits per heavy atom. The lowest BCUT2D eigenvalue weighted by Gasteiger charge is -2.31. The number of fused-ring (bicyclic) bond motifs is 3. The number of rotatable bonds is 1. The van der Waals surface area contributed by atoms with Crippen LogP contribution in [-0.4, -0.2) is 11.5 Å². The number of hydrogen-bond acceptors (Lipinski definition) is 2. The van der Waals surface area contributed by atoms with Gasteiger partial charge >= 0.3 is 0 Å². The molecule has 1 fully saturated rings. The Kier molecular flexibility index (Phi) is 2.63. The fourth-order valence-corrected chi connectivity index (χ4v) is 3.92. The molecule has 2 aromatic rings. The maximum Gasteiger partial charge on any atom is 0.0360 e. The maximum atomic E-state index is 4.16. The van der Waals surface area contributed by atoms with E-state index in [4.69, 9.17) is 0 Å². The maximum absolute atomic E-state index is 4.16. The lowest BCUT2D eigenvalue weighted by Crippen LogP contribution is -2.32. The molecule has 1 N–H and O–H groups in total. The van der Waals surface area contributed by atoms with Crippen molar-refractivity contribution < 1.29 is 0 Å². The fraction of sp³-hybridized carbons (Fsp3) is 0.353. The van der Waals surface area contributed by atoms with Crippen LogP contribution in [0.3, 0.4) is 0 Å². The Morgan fingerprint density at radius 1 is 1.00 bits per heavy atom. The Bertz CT molecular complexity index is 579. The summed E-state index contributed by atoms with van der Waals surface area (Å²) in [7, 11) is 0. The molecule has 1 aromatic heterocycles. The molecule has 1 saturated heterocycles. The molecule has 1 aromatic carbocycles. The third kappa shape index (κ3) is 1.71. The van der Waals surface area contributed by atoms with Gasteiger partial charge in [0.15, 0.2) is 0 Å². The summed E-state index contributed by atoms with van der Waals surface area (Å²) in [4.78, 5) is 4.16. The van der Waals surface area contributed by atoms with Gasteiger partial charge < -0.3 is 5.32 Å². The molecule has 0 spiro atoms. The molecular weight excluding hydrogens is 232 g/mol. The topological polar surface area (TPSA) is 24.9 Å². The number of benzene rings is 1.